The van der Waals surface area contributed by atoms with Crippen LogP contribution in [0.1, 0.15) is 36.7 Å². The van der Waals surface area contributed by atoms with E-state index >= 15 is 0 Å². The Morgan fingerprint density at radius 1 is 1.48 bits per heavy atom. The lowest BCUT2D eigenvalue weighted by Gasteiger charge is -2.26. The molecule has 112 valence electrons. The summed E-state index contributed by atoms with van der Waals surface area (Å²) in [6.45, 7) is 2.23. The molecule has 1 atom stereocenters. The second-order valence-corrected chi connectivity index (χ2v) is 5.41. The fourth-order valence-electron chi connectivity index (χ4n) is 2.17. The number of nitrogens with two attached hydrogens (primary N) is 1. The smallest absolute Gasteiger partial charge is 0.258 e. The molecule has 1 unspecified atom stereocenters. The molecule has 21 heavy (non-hydrogen) atoms. The predicted molar refractivity (Wildman–Crippen MR) is 74.9 cm³/mol. The lowest BCUT2D eigenvalue weighted by molar-refractivity contribution is -0.00549. The van der Waals surface area contributed by atoms with Gasteiger partial charge in [-0.05, 0) is 43.9 Å². The average Bonchev–Trinajstić information content (AvgIpc) is 2.89. The van der Waals surface area contributed by atoms with Crippen LogP contribution in [-0.4, -0.2) is 22.9 Å². The molecule has 1 aromatic heterocycles. The van der Waals surface area contributed by atoms with Crippen molar-refractivity contribution in [2.24, 2.45) is 5.73 Å². The summed E-state index contributed by atoms with van der Waals surface area (Å²) in [5.74, 6) is 0.321. The summed E-state index contributed by atoms with van der Waals surface area (Å²) in [6, 6.07) is 4.02. The zero-order chi connectivity index (χ0) is 14.8. The molecular formula is C15H18FN3O2. The van der Waals surface area contributed by atoms with Gasteiger partial charge < -0.3 is 15.0 Å². The number of aryl methyl sites for hydroxylation is 1. The highest BCUT2D eigenvalue weighted by atomic mass is 19.1. The van der Waals surface area contributed by atoms with Crippen molar-refractivity contribution < 1.29 is 13.7 Å². The lowest BCUT2D eigenvalue weighted by atomic mass is 9.96. The second-order valence-electron chi connectivity index (χ2n) is 5.41. The third-order valence-corrected chi connectivity index (χ3v) is 3.77. The van der Waals surface area contributed by atoms with E-state index in [4.69, 9.17) is 15.0 Å². The number of aromatic nitrogens is 2. The Morgan fingerprint density at radius 2 is 2.29 bits per heavy atom. The van der Waals surface area contributed by atoms with Crippen LogP contribution in [0.2, 0.25) is 0 Å². The highest BCUT2D eigenvalue weighted by Gasteiger charge is 2.22. The fourth-order valence-corrected chi connectivity index (χ4v) is 2.17. The zero-order valence-electron chi connectivity index (χ0n) is 11.9. The van der Waals surface area contributed by atoms with Crippen LogP contribution in [0.4, 0.5) is 4.39 Å². The van der Waals surface area contributed by atoms with Gasteiger partial charge in [0.25, 0.3) is 5.89 Å². The van der Waals surface area contributed by atoms with Crippen LogP contribution in [-0.2, 0) is 4.74 Å². The van der Waals surface area contributed by atoms with Crippen molar-refractivity contribution in [2.45, 2.75) is 38.3 Å². The van der Waals surface area contributed by atoms with E-state index in [1.54, 1.807) is 6.07 Å². The van der Waals surface area contributed by atoms with Crippen LogP contribution in [0.15, 0.2) is 22.7 Å². The Morgan fingerprint density at radius 3 is 3.00 bits per heavy atom. The van der Waals surface area contributed by atoms with E-state index in [0.29, 0.717) is 24.1 Å². The van der Waals surface area contributed by atoms with E-state index in [2.05, 4.69) is 10.1 Å². The number of hydrogen-bond acceptors (Lipinski definition) is 5. The molecule has 0 radical (unpaired) electrons. The van der Waals surface area contributed by atoms with Crippen molar-refractivity contribution in [3.05, 3.63) is 35.4 Å². The number of nitrogens with zero attached hydrogens (tertiary/aromatic N) is 2. The number of benzene rings is 1. The zero-order valence-corrected chi connectivity index (χ0v) is 11.9. The van der Waals surface area contributed by atoms with Gasteiger partial charge in [0.2, 0.25) is 0 Å². The van der Waals surface area contributed by atoms with E-state index in [9.17, 15) is 4.39 Å². The molecule has 6 heteroatoms. The molecule has 3 rings (SSSR count). The minimum Gasteiger partial charge on any atom is -0.376 e. The minimum atomic E-state index is -0.433. The highest BCUT2D eigenvalue weighted by molar-refractivity contribution is 5.58. The topological polar surface area (TPSA) is 74.2 Å². The van der Waals surface area contributed by atoms with E-state index in [1.807, 2.05) is 6.92 Å². The second kappa shape index (κ2) is 5.91. The van der Waals surface area contributed by atoms with Crippen LogP contribution in [0.3, 0.4) is 0 Å². The van der Waals surface area contributed by atoms with Gasteiger partial charge in [0.05, 0.1) is 18.8 Å². The van der Waals surface area contributed by atoms with E-state index in [0.717, 1.165) is 18.4 Å². The number of hydrogen-bond donors (Lipinski definition) is 1. The molecule has 0 bridgehead atoms. The largest absolute Gasteiger partial charge is 0.376 e. The first-order valence-corrected chi connectivity index (χ1v) is 7.11. The first-order chi connectivity index (χ1) is 10.1. The Balaban J connectivity index is 1.71. The van der Waals surface area contributed by atoms with Crippen LogP contribution >= 0.6 is 0 Å². The van der Waals surface area contributed by atoms with Crippen LogP contribution in [0, 0.1) is 12.7 Å². The molecule has 0 spiro atoms. The van der Waals surface area contributed by atoms with Gasteiger partial charge in [-0.2, -0.15) is 4.98 Å². The molecule has 1 aromatic carbocycles. The maximum Gasteiger partial charge on any atom is 0.258 e. The van der Waals surface area contributed by atoms with Crippen molar-refractivity contribution in [1.82, 2.24) is 10.1 Å². The molecular weight excluding hydrogens is 273 g/mol. The monoisotopic (exact) mass is 291 g/mol. The Hall–Kier alpha value is -1.79. The van der Waals surface area contributed by atoms with Crippen molar-refractivity contribution in [3.8, 4) is 11.5 Å². The maximum atomic E-state index is 13.3. The number of ether oxygens (including phenoxy) is 1. The van der Waals surface area contributed by atoms with E-state index in [1.165, 1.54) is 18.6 Å². The molecule has 2 N–H and O–H groups in total. The lowest BCUT2D eigenvalue weighted by Crippen LogP contribution is -2.27. The van der Waals surface area contributed by atoms with E-state index < -0.39 is 6.04 Å². The van der Waals surface area contributed by atoms with Crippen molar-refractivity contribution >= 4 is 0 Å². The summed E-state index contributed by atoms with van der Waals surface area (Å²) in [7, 11) is 0. The number of halogens is 1. The Kier molecular flexibility index (Phi) is 3.98. The quantitative estimate of drug-likeness (QED) is 0.916. The summed E-state index contributed by atoms with van der Waals surface area (Å²) in [4.78, 5) is 4.25. The van der Waals surface area contributed by atoms with Gasteiger partial charge in [0.1, 0.15) is 5.82 Å². The predicted octanol–water partition coefficient (Wildman–Crippen LogP) is 2.75. The molecule has 5 nitrogen and oxygen atoms in total. The Bertz CT molecular complexity index is 625. The first-order valence-electron chi connectivity index (χ1n) is 7.11. The van der Waals surface area contributed by atoms with Gasteiger partial charge in [-0.15, -0.1) is 0 Å². The third-order valence-electron chi connectivity index (χ3n) is 3.77. The fraction of sp³-hybridized carbons (Fsp3) is 0.467. The summed E-state index contributed by atoms with van der Waals surface area (Å²) >= 11 is 0. The highest BCUT2D eigenvalue weighted by Crippen LogP contribution is 2.25. The van der Waals surface area contributed by atoms with Gasteiger partial charge in [-0.25, -0.2) is 4.39 Å². The molecule has 0 amide bonds. The van der Waals surface area contributed by atoms with Crippen molar-refractivity contribution in [2.75, 3.05) is 6.61 Å². The van der Waals surface area contributed by atoms with Gasteiger partial charge in [-0.1, -0.05) is 11.2 Å². The van der Waals surface area contributed by atoms with Crippen LogP contribution in [0.5, 0.6) is 0 Å². The maximum absolute atomic E-state index is 13.3. The van der Waals surface area contributed by atoms with E-state index in [-0.39, 0.29) is 11.7 Å². The molecule has 0 aliphatic heterocycles. The van der Waals surface area contributed by atoms with Gasteiger partial charge in [-0.3, -0.25) is 0 Å². The molecule has 2 aromatic rings. The van der Waals surface area contributed by atoms with Crippen molar-refractivity contribution in [1.29, 1.82) is 0 Å². The van der Waals surface area contributed by atoms with Gasteiger partial charge >= 0.3 is 0 Å². The molecule has 1 fully saturated rings. The molecule has 1 aliphatic carbocycles. The van der Waals surface area contributed by atoms with Crippen molar-refractivity contribution in [3.63, 3.8) is 0 Å². The SMILES string of the molecule is Cc1ccc(F)cc1-c1nc(C(N)COC2CCC2)no1. The van der Waals surface area contributed by atoms with Gasteiger partial charge in [0, 0.05) is 5.56 Å². The average molecular weight is 291 g/mol. The summed E-state index contributed by atoms with van der Waals surface area (Å²) in [6.07, 6.45) is 3.71. The molecule has 1 saturated carbocycles. The summed E-state index contributed by atoms with van der Waals surface area (Å²) < 4.78 is 24.2. The summed E-state index contributed by atoms with van der Waals surface area (Å²) in [5.41, 5.74) is 7.45. The van der Waals surface area contributed by atoms with Crippen LogP contribution in [0.25, 0.3) is 11.5 Å². The normalized spacial score (nSPS) is 16.7. The standard InChI is InChI=1S/C15H18FN3O2/c1-9-5-6-10(16)7-12(9)15-18-14(19-21-15)13(17)8-20-11-3-2-4-11/h5-7,11,13H,2-4,8,17H2,1H3. The molecule has 0 saturated heterocycles. The minimum absolute atomic E-state index is 0.279. The van der Waals surface area contributed by atoms with Gasteiger partial charge in [0.15, 0.2) is 5.82 Å². The third kappa shape index (κ3) is 3.11. The molecule has 1 aliphatic rings. The Labute approximate surface area is 122 Å². The summed E-state index contributed by atoms with van der Waals surface area (Å²) in [5, 5.41) is 3.87. The van der Waals surface area contributed by atoms with Crippen LogP contribution < -0.4 is 5.73 Å². The number of rotatable bonds is 5. The molecule has 1 heterocycles. The first kappa shape index (κ1) is 14.2.